The van der Waals surface area contributed by atoms with Gasteiger partial charge in [-0.05, 0) is 42.3 Å². The number of nitrogens with zero attached hydrogens (tertiary/aromatic N) is 4. The molecular weight excluding hydrogens is 488 g/mol. The molecular formula is C29H29ClN4O3. The van der Waals surface area contributed by atoms with Crippen LogP contribution < -0.4 is 9.64 Å². The predicted octanol–water partition coefficient (Wildman–Crippen LogP) is 4.90. The molecule has 0 saturated carbocycles. The minimum atomic E-state index is -1.10. The first-order chi connectivity index (χ1) is 17.8. The summed E-state index contributed by atoms with van der Waals surface area (Å²) in [6, 6.07) is 22.3. The fourth-order valence-electron chi connectivity index (χ4n) is 4.73. The average Bonchev–Trinajstić information content (AvgIpc) is 2.92. The molecule has 0 amide bonds. The van der Waals surface area contributed by atoms with E-state index in [9.17, 15) is 10.4 Å². The topological polar surface area (TPSA) is 84.3 Å². The quantitative estimate of drug-likeness (QED) is 0.414. The lowest BCUT2D eigenvalue weighted by atomic mass is 9.93. The largest absolute Gasteiger partial charge is 0.491 e. The lowest BCUT2D eigenvalue weighted by Gasteiger charge is -2.45. The molecule has 2 N–H and O–H groups in total. The molecule has 2 atom stereocenters. The lowest BCUT2D eigenvalue weighted by Crippen LogP contribution is -2.52. The van der Waals surface area contributed by atoms with Gasteiger partial charge in [0.25, 0.3) is 0 Å². The van der Waals surface area contributed by atoms with E-state index in [1.54, 1.807) is 25.1 Å². The molecule has 0 bridgehead atoms. The number of aliphatic hydroxyl groups is 2. The second kappa shape index (κ2) is 11.6. The fraction of sp³-hybridized carbons (Fsp3) is 0.310. The summed E-state index contributed by atoms with van der Waals surface area (Å²) >= 11 is 6.69. The molecule has 0 aliphatic carbocycles. The van der Waals surface area contributed by atoms with Gasteiger partial charge in [0.2, 0.25) is 0 Å². The van der Waals surface area contributed by atoms with Crippen LogP contribution in [0.5, 0.6) is 5.75 Å². The lowest BCUT2D eigenvalue weighted by molar-refractivity contribution is 0.0103. The molecule has 37 heavy (non-hydrogen) atoms. The zero-order valence-corrected chi connectivity index (χ0v) is 21.4. The zero-order valence-electron chi connectivity index (χ0n) is 20.6. The van der Waals surface area contributed by atoms with Crippen LogP contribution in [0.15, 0.2) is 66.7 Å². The maximum atomic E-state index is 11.3. The van der Waals surface area contributed by atoms with Crippen LogP contribution in [-0.4, -0.2) is 54.5 Å². The molecule has 1 heterocycles. The van der Waals surface area contributed by atoms with E-state index in [0.29, 0.717) is 48.2 Å². The van der Waals surface area contributed by atoms with Crippen molar-refractivity contribution in [2.45, 2.75) is 18.6 Å². The molecule has 3 aromatic rings. The highest BCUT2D eigenvalue weighted by molar-refractivity contribution is 6.33. The molecule has 0 spiro atoms. The van der Waals surface area contributed by atoms with Crippen molar-refractivity contribution in [2.75, 3.05) is 44.3 Å². The van der Waals surface area contributed by atoms with Gasteiger partial charge in [-0.3, -0.25) is 4.90 Å². The van der Waals surface area contributed by atoms with Crippen molar-refractivity contribution in [1.82, 2.24) is 4.90 Å². The van der Waals surface area contributed by atoms with Gasteiger partial charge in [-0.1, -0.05) is 48.0 Å². The Labute approximate surface area is 222 Å². The molecule has 1 aliphatic rings. The summed E-state index contributed by atoms with van der Waals surface area (Å²) < 4.78 is 5.51. The summed E-state index contributed by atoms with van der Waals surface area (Å²) in [5, 5.41) is 30.2. The summed E-state index contributed by atoms with van der Waals surface area (Å²) in [4.78, 5) is 7.91. The third-order valence-corrected chi connectivity index (χ3v) is 6.93. The van der Waals surface area contributed by atoms with E-state index < -0.39 is 5.60 Å². The zero-order chi connectivity index (χ0) is 26.4. The van der Waals surface area contributed by atoms with E-state index in [1.165, 1.54) is 0 Å². The van der Waals surface area contributed by atoms with Gasteiger partial charge in [0.1, 0.15) is 12.4 Å². The highest BCUT2D eigenvalue weighted by Gasteiger charge is 2.34. The first-order valence-electron chi connectivity index (χ1n) is 12.1. The molecule has 1 aliphatic heterocycles. The highest BCUT2D eigenvalue weighted by atomic mass is 35.5. The molecule has 7 nitrogen and oxygen atoms in total. The molecule has 3 aromatic carbocycles. The molecule has 4 rings (SSSR count). The molecule has 0 unspecified atom stereocenters. The van der Waals surface area contributed by atoms with E-state index in [0.717, 1.165) is 16.8 Å². The first kappa shape index (κ1) is 26.5. The third-order valence-electron chi connectivity index (χ3n) is 6.63. The second-order valence-corrected chi connectivity index (χ2v) is 9.70. The minimum Gasteiger partial charge on any atom is -0.491 e. The average molecular weight is 517 g/mol. The molecule has 1 saturated heterocycles. The van der Waals surface area contributed by atoms with Gasteiger partial charge in [-0.2, -0.15) is 5.26 Å². The number of piperazine rings is 1. The van der Waals surface area contributed by atoms with Crippen LogP contribution in [0.4, 0.5) is 11.4 Å². The van der Waals surface area contributed by atoms with Crippen molar-refractivity contribution < 1.29 is 14.9 Å². The van der Waals surface area contributed by atoms with Gasteiger partial charge >= 0.3 is 0 Å². The summed E-state index contributed by atoms with van der Waals surface area (Å²) in [6.45, 7) is 11.5. The van der Waals surface area contributed by atoms with Gasteiger partial charge in [0, 0.05) is 32.2 Å². The predicted molar refractivity (Wildman–Crippen MR) is 144 cm³/mol. The molecule has 190 valence electrons. The standard InChI is InChI=1S/C29H29ClN4O3/c1-29(36,23-7-9-24(32-2)10-8-23)20-33-13-14-34(27-12-11-25(17-26(27)30)37-16-15-35)28(19-33)22-5-3-21(18-31)4-6-22/h3-12,17,28,35-36H,13-16,19-20H2,1H3/t28-,29+/m0/s1. The minimum absolute atomic E-state index is 0.0662. The number of hydrogen-bond acceptors (Lipinski definition) is 6. The van der Waals surface area contributed by atoms with Crippen LogP contribution in [0.3, 0.4) is 0 Å². The molecule has 8 heteroatoms. The molecule has 1 fully saturated rings. The van der Waals surface area contributed by atoms with Crippen LogP contribution in [0, 0.1) is 17.9 Å². The molecule has 0 radical (unpaired) electrons. The molecule has 0 aromatic heterocycles. The summed E-state index contributed by atoms with van der Waals surface area (Å²) in [5.74, 6) is 0.594. The number of hydrogen-bond donors (Lipinski definition) is 2. The Hall–Kier alpha value is -3.59. The van der Waals surface area contributed by atoms with Crippen molar-refractivity contribution >= 4 is 23.0 Å². The van der Waals surface area contributed by atoms with Gasteiger partial charge < -0.3 is 19.8 Å². The van der Waals surface area contributed by atoms with E-state index in [4.69, 9.17) is 28.0 Å². The highest BCUT2D eigenvalue weighted by Crippen LogP contribution is 2.38. The van der Waals surface area contributed by atoms with Gasteiger partial charge in [0.05, 0.1) is 47.2 Å². The maximum absolute atomic E-state index is 11.3. The van der Waals surface area contributed by atoms with E-state index in [2.05, 4.69) is 20.7 Å². The van der Waals surface area contributed by atoms with Crippen molar-refractivity contribution in [2.24, 2.45) is 0 Å². The Morgan fingerprint density at radius 1 is 1.14 bits per heavy atom. The van der Waals surface area contributed by atoms with Crippen LogP contribution >= 0.6 is 11.6 Å². The van der Waals surface area contributed by atoms with Crippen molar-refractivity contribution in [3.8, 4) is 11.8 Å². The van der Waals surface area contributed by atoms with Crippen molar-refractivity contribution in [3.63, 3.8) is 0 Å². The Bertz CT molecular complexity index is 1300. The Balaban J connectivity index is 1.60. The van der Waals surface area contributed by atoms with Crippen LogP contribution in [-0.2, 0) is 5.60 Å². The van der Waals surface area contributed by atoms with Gasteiger partial charge in [0.15, 0.2) is 5.69 Å². The second-order valence-electron chi connectivity index (χ2n) is 9.30. The first-order valence-corrected chi connectivity index (χ1v) is 12.4. The Morgan fingerprint density at radius 3 is 2.49 bits per heavy atom. The number of anilines is 1. The van der Waals surface area contributed by atoms with Gasteiger partial charge in [-0.25, -0.2) is 4.85 Å². The fourth-order valence-corrected chi connectivity index (χ4v) is 5.01. The van der Waals surface area contributed by atoms with Crippen LogP contribution in [0.25, 0.3) is 4.85 Å². The van der Waals surface area contributed by atoms with E-state index >= 15 is 0 Å². The van der Waals surface area contributed by atoms with Crippen LogP contribution in [0.1, 0.15) is 29.7 Å². The number of rotatable bonds is 8. The van der Waals surface area contributed by atoms with Crippen molar-refractivity contribution in [1.29, 1.82) is 5.26 Å². The Morgan fingerprint density at radius 2 is 1.86 bits per heavy atom. The number of β-amino-alcohol motifs (C(OH)–C–C–N with tert-alkyl or cyclic N) is 1. The number of aliphatic hydroxyl groups excluding tert-OH is 1. The van der Waals surface area contributed by atoms with Crippen LogP contribution in [0.2, 0.25) is 5.02 Å². The SMILES string of the molecule is [C-]#[N+]c1ccc([C@](C)(O)CN2CCN(c3ccc(OCCO)cc3Cl)[C@H](c3ccc(C#N)cc3)C2)cc1. The smallest absolute Gasteiger partial charge is 0.187 e. The number of ether oxygens (including phenoxy) is 1. The van der Waals surface area contributed by atoms with Gasteiger partial charge in [-0.15, -0.1) is 0 Å². The van der Waals surface area contributed by atoms with E-state index in [-0.39, 0.29) is 19.3 Å². The van der Waals surface area contributed by atoms with Crippen molar-refractivity contribution in [3.05, 3.63) is 99.9 Å². The monoisotopic (exact) mass is 516 g/mol. The normalized spacial score (nSPS) is 17.5. The number of benzene rings is 3. The summed E-state index contributed by atoms with van der Waals surface area (Å²) in [7, 11) is 0. The summed E-state index contributed by atoms with van der Waals surface area (Å²) in [5.41, 5.74) is 2.71. The third kappa shape index (κ3) is 6.22. The number of nitriles is 1. The maximum Gasteiger partial charge on any atom is 0.187 e. The Kier molecular flexibility index (Phi) is 8.33. The summed E-state index contributed by atoms with van der Waals surface area (Å²) in [6.07, 6.45) is 0. The number of halogens is 1. The van der Waals surface area contributed by atoms with E-state index in [1.807, 2.05) is 48.5 Å².